The van der Waals surface area contributed by atoms with Crippen LogP contribution < -0.4 is 5.32 Å². The van der Waals surface area contributed by atoms with Crippen LogP contribution in [0, 0.1) is 5.92 Å². The topological polar surface area (TPSA) is 29.1 Å². The molecular formula is C20H22ClNO. The Labute approximate surface area is 142 Å². The SMILES string of the molecule is CC(C)[C@@H](C(=O)Nc1ccc2c(c1)CCC2)c1ccc(Cl)cc1. The van der Waals surface area contributed by atoms with E-state index >= 15 is 0 Å². The minimum Gasteiger partial charge on any atom is -0.326 e. The number of fused-ring (bicyclic) bond motifs is 1. The van der Waals surface area contributed by atoms with Gasteiger partial charge in [0.05, 0.1) is 5.92 Å². The van der Waals surface area contributed by atoms with Gasteiger partial charge >= 0.3 is 0 Å². The van der Waals surface area contributed by atoms with Gasteiger partial charge in [0, 0.05) is 10.7 Å². The molecule has 1 atom stereocenters. The summed E-state index contributed by atoms with van der Waals surface area (Å²) < 4.78 is 0. The summed E-state index contributed by atoms with van der Waals surface area (Å²) in [6, 6.07) is 13.8. The molecule has 0 saturated heterocycles. The van der Waals surface area contributed by atoms with E-state index in [9.17, 15) is 4.79 Å². The van der Waals surface area contributed by atoms with Crippen molar-refractivity contribution in [2.24, 2.45) is 5.92 Å². The minimum atomic E-state index is -0.180. The molecule has 3 rings (SSSR count). The molecule has 0 aliphatic heterocycles. The number of carbonyl (C=O) groups excluding carboxylic acids is 1. The Balaban J connectivity index is 1.80. The molecule has 0 unspecified atom stereocenters. The predicted molar refractivity (Wildman–Crippen MR) is 96.1 cm³/mol. The first-order valence-electron chi connectivity index (χ1n) is 8.22. The number of carbonyl (C=O) groups is 1. The molecule has 2 nitrogen and oxygen atoms in total. The van der Waals surface area contributed by atoms with Crippen LogP contribution in [-0.4, -0.2) is 5.91 Å². The molecule has 1 aliphatic rings. The summed E-state index contributed by atoms with van der Waals surface area (Å²) in [4.78, 5) is 12.8. The summed E-state index contributed by atoms with van der Waals surface area (Å²) in [5.41, 5.74) is 4.69. The van der Waals surface area contributed by atoms with Gasteiger partial charge in [0.2, 0.25) is 5.91 Å². The maximum atomic E-state index is 12.8. The lowest BCUT2D eigenvalue weighted by Gasteiger charge is -2.21. The van der Waals surface area contributed by atoms with E-state index in [1.54, 1.807) is 0 Å². The Morgan fingerprint density at radius 3 is 2.43 bits per heavy atom. The first kappa shape index (κ1) is 16.1. The van der Waals surface area contributed by atoms with E-state index < -0.39 is 0 Å². The summed E-state index contributed by atoms with van der Waals surface area (Å²) in [5.74, 6) is 0.0754. The van der Waals surface area contributed by atoms with Crippen molar-refractivity contribution in [3.8, 4) is 0 Å². The number of benzene rings is 2. The van der Waals surface area contributed by atoms with E-state index in [2.05, 4.69) is 31.3 Å². The van der Waals surface area contributed by atoms with Gasteiger partial charge in [-0.05, 0) is 66.1 Å². The van der Waals surface area contributed by atoms with E-state index in [0.717, 1.165) is 24.1 Å². The third-order valence-electron chi connectivity index (χ3n) is 4.54. The number of nitrogens with one attached hydrogen (secondary N) is 1. The smallest absolute Gasteiger partial charge is 0.232 e. The molecule has 0 spiro atoms. The Morgan fingerprint density at radius 2 is 1.74 bits per heavy atom. The van der Waals surface area contributed by atoms with E-state index in [1.165, 1.54) is 17.5 Å². The number of halogens is 1. The van der Waals surface area contributed by atoms with Gasteiger partial charge in [0.1, 0.15) is 0 Å². The minimum absolute atomic E-state index is 0.0419. The van der Waals surface area contributed by atoms with Gasteiger partial charge < -0.3 is 5.32 Å². The maximum absolute atomic E-state index is 12.8. The Morgan fingerprint density at radius 1 is 1.04 bits per heavy atom. The van der Waals surface area contributed by atoms with Crippen molar-refractivity contribution in [1.29, 1.82) is 0 Å². The highest BCUT2D eigenvalue weighted by Gasteiger charge is 2.24. The van der Waals surface area contributed by atoms with Gasteiger partial charge in [-0.25, -0.2) is 0 Å². The van der Waals surface area contributed by atoms with E-state index in [4.69, 9.17) is 11.6 Å². The third kappa shape index (κ3) is 3.59. The van der Waals surface area contributed by atoms with Crippen molar-refractivity contribution in [2.75, 3.05) is 5.32 Å². The van der Waals surface area contributed by atoms with Crippen LogP contribution in [-0.2, 0) is 17.6 Å². The summed E-state index contributed by atoms with van der Waals surface area (Å²) in [6.07, 6.45) is 3.49. The van der Waals surface area contributed by atoms with Crippen LogP contribution in [0.15, 0.2) is 42.5 Å². The number of hydrogen-bond acceptors (Lipinski definition) is 1. The number of aryl methyl sites for hydroxylation is 2. The molecule has 120 valence electrons. The monoisotopic (exact) mass is 327 g/mol. The van der Waals surface area contributed by atoms with E-state index in [-0.39, 0.29) is 17.7 Å². The van der Waals surface area contributed by atoms with Gasteiger partial charge in [0.25, 0.3) is 0 Å². The average Bonchev–Trinajstić information content (AvgIpc) is 2.96. The van der Waals surface area contributed by atoms with Crippen LogP contribution in [0.25, 0.3) is 0 Å². The van der Waals surface area contributed by atoms with Crippen molar-refractivity contribution >= 4 is 23.2 Å². The zero-order valence-electron chi connectivity index (χ0n) is 13.6. The molecule has 2 aromatic rings. The third-order valence-corrected chi connectivity index (χ3v) is 4.80. The summed E-state index contributed by atoms with van der Waals surface area (Å²) in [5, 5.41) is 3.78. The molecule has 0 bridgehead atoms. The Hall–Kier alpha value is -1.80. The maximum Gasteiger partial charge on any atom is 0.232 e. The molecule has 0 saturated carbocycles. The van der Waals surface area contributed by atoms with Gasteiger partial charge in [-0.1, -0.05) is 43.6 Å². The fraction of sp³-hybridized carbons (Fsp3) is 0.350. The van der Waals surface area contributed by atoms with Gasteiger partial charge in [-0.15, -0.1) is 0 Å². The van der Waals surface area contributed by atoms with Crippen molar-refractivity contribution in [2.45, 2.75) is 39.0 Å². The number of anilines is 1. The fourth-order valence-corrected chi connectivity index (χ4v) is 3.50. The van der Waals surface area contributed by atoms with Gasteiger partial charge in [-0.2, -0.15) is 0 Å². The average molecular weight is 328 g/mol. The predicted octanol–water partition coefficient (Wildman–Crippen LogP) is 5.21. The highest BCUT2D eigenvalue weighted by atomic mass is 35.5. The lowest BCUT2D eigenvalue weighted by Crippen LogP contribution is -2.25. The standard InChI is InChI=1S/C20H22ClNO/c1-13(2)19(15-6-9-17(21)10-7-15)20(23)22-18-11-8-14-4-3-5-16(14)12-18/h6-13,19H,3-5H2,1-2H3,(H,22,23)/t19-/m1/s1. The molecule has 0 aromatic heterocycles. The first-order chi connectivity index (χ1) is 11.0. The molecule has 0 heterocycles. The highest BCUT2D eigenvalue weighted by Crippen LogP contribution is 2.29. The zero-order valence-corrected chi connectivity index (χ0v) is 14.4. The fourth-order valence-electron chi connectivity index (χ4n) is 3.38. The van der Waals surface area contributed by atoms with Crippen LogP contribution in [0.2, 0.25) is 5.02 Å². The molecular weight excluding hydrogens is 306 g/mol. The molecule has 1 N–H and O–H groups in total. The normalized spacial score (nSPS) is 14.6. The van der Waals surface area contributed by atoms with Crippen molar-refractivity contribution in [1.82, 2.24) is 0 Å². The van der Waals surface area contributed by atoms with Crippen LogP contribution >= 0.6 is 11.6 Å². The second-order valence-corrected chi connectivity index (χ2v) is 7.04. The summed E-state index contributed by atoms with van der Waals surface area (Å²) in [7, 11) is 0. The van der Waals surface area contributed by atoms with Crippen molar-refractivity contribution in [3.05, 3.63) is 64.2 Å². The molecule has 23 heavy (non-hydrogen) atoms. The van der Waals surface area contributed by atoms with E-state index in [1.807, 2.05) is 30.3 Å². The number of rotatable bonds is 4. The largest absolute Gasteiger partial charge is 0.326 e. The van der Waals surface area contributed by atoms with Gasteiger partial charge in [0.15, 0.2) is 0 Å². The lowest BCUT2D eigenvalue weighted by atomic mass is 9.87. The first-order valence-corrected chi connectivity index (χ1v) is 8.60. The molecule has 0 fully saturated rings. The van der Waals surface area contributed by atoms with Crippen LogP contribution in [0.1, 0.15) is 42.9 Å². The number of amides is 1. The summed E-state index contributed by atoms with van der Waals surface area (Å²) in [6.45, 7) is 4.14. The zero-order chi connectivity index (χ0) is 16.4. The van der Waals surface area contributed by atoms with Crippen LogP contribution in [0.4, 0.5) is 5.69 Å². The molecule has 1 aliphatic carbocycles. The lowest BCUT2D eigenvalue weighted by molar-refractivity contribution is -0.118. The molecule has 2 aromatic carbocycles. The highest BCUT2D eigenvalue weighted by molar-refractivity contribution is 6.30. The molecule has 0 radical (unpaired) electrons. The second-order valence-electron chi connectivity index (χ2n) is 6.60. The van der Waals surface area contributed by atoms with Crippen LogP contribution in [0.3, 0.4) is 0 Å². The van der Waals surface area contributed by atoms with Crippen molar-refractivity contribution in [3.63, 3.8) is 0 Å². The summed E-state index contributed by atoms with van der Waals surface area (Å²) >= 11 is 5.96. The van der Waals surface area contributed by atoms with Crippen LogP contribution in [0.5, 0.6) is 0 Å². The second kappa shape index (κ2) is 6.76. The van der Waals surface area contributed by atoms with Crippen molar-refractivity contribution < 1.29 is 4.79 Å². The molecule has 1 amide bonds. The number of hydrogen-bond donors (Lipinski definition) is 1. The molecule has 3 heteroatoms. The van der Waals surface area contributed by atoms with E-state index in [0.29, 0.717) is 5.02 Å². The quantitative estimate of drug-likeness (QED) is 0.820. The Bertz CT molecular complexity index is 706. The Kier molecular flexibility index (Phi) is 4.72. The van der Waals surface area contributed by atoms with Gasteiger partial charge in [-0.3, -0.25) is 4.79 Å².